The van der Waals surface area contributed by atoms with E-state index in [0.717, 1.165) is 18.4 Å². The van der Waals surface area contributed by atoms with Gasteiger partial charge in [0.05, 0.1) is 4.86 Å². The van der Waals surface area contributed by atoms with E-state index in [0.29, 0.717) is 18.4 Å². The first-order chi connectivity index (χ1) is 12.8. The van der Waals surface area contributed by atoms with Gasteiger partial charge in [0.15, 0.2) is 5.60 Å². The maximum Gasteiger partial charge on any atom is 0.339 e. The zero-order valence-corrected chi connectivity index (χ0v) is 15.6. The van der Waals surface area contributed by atoms with Crippen molar-refractivity contribution in [3.8, 4) is 11.5 Å². The molecule has 1 unspecified atom stereocenters. The van der Waals surface area contributed by atoms with Crippen LogP contribution in [-0.4, -0.2) is 29.5 Å². The smallest absolute Gasteiger partial charge is 0.339 e. The van der Waals surface area contributed by atoms with E-state index in [1.807, 2.05) is 31.2 Å². The Morgan fingerprint density at radius 2 is 1.81 bits per heavy atom. The third-order valence-corrected chi connectivity index (χ3v) is 5.78. The maximum atomic E-state index is 12.0. The van der Waals surface area contributed by atoms with E-state index >= 15 is 0 Å². The van der Waals surface area contributed by atoms with Crippen LogP contribution >= 0.6 is 0 Å². The molecule has 1 aliphatic rings. The molecule has 3 rings (SSSR count). The fourth-order valence-corrected chi connectivity index (χ4v) is 4.31. The molecule has 0 spiro atoms. The summed E-state index contributed by atoms with van der Waals surface area (Å²) in [7, 11) is -2.43. The van der Waals surface area contributed by atoms with Gasteiger partial charge in [-0.15, -0.1) is 0 Å². The summed E-state index contributed by atoms with van der Waals surface area (Å²) in [5, 5.41) is 19.0. The lowest BCUT2D eigenvalue weighted by Crippen LogP contribution is -2.44. The van der Waals surface area contributed by atoms with Crippen LogP contribution in [0.25, 0.3) is 0 Å². The first kappa shape index (κ1) is 19.0. The fourth-order valence-electron chi connectivity index (χ4n) is 3.47. The second-order valence-electron chi connectivity index (χ2n) is 6.64. The molecule has 7 heteroatoms. The number of hydrogen-bond donors (Lipinski definition) is 2. The van der Waals surface area contributed by atoms with Gasteiger partial charge < -0.3 is 14.9 Å². The molecule has 1 aliphatic carbocycles. The molecule has 1 atom stereocenters. The van der Waals surface area contributed by atoms with Crippen LogP contribution < -0.4 is 4.74 Å². The summed E-state index contributed by atoms with van der Waals surface area (Å²) < 4.78 is 30.1. The van der Waals surface area contributed by atoms with E-state index in [1.165, 1.54) is 18.2 Å². The maximum absolute atomic E-state index is 12.0. The van der Waals surface area contributed by atoms with Gasteiger partial charge >= 0.3 is 5.97 Å². The van der Waals surface area contributed by atoms with Crippen LogP contribution in [0.15, 0.2) is 42.5 Å². The highest BCUT2D eigenvalue weighted by Gasteiger charge is 2.43. The Hall–Kier alpha value is -2.80. The third kappa shape index (κ3) is 3.68. The fraction of sp³-hybridized carbons (Fsp3) is 0.300. The van der Waals surface area contributed by atoms with Gasteiger partial charge in [0.25, 0.3) is 0 Å². The Labute approximate surface area is 158 Å². The quantitative estimate of drug-likeness (QED) is 0.780. The molecule has 2 aromatic carbocycles. The molecule has 1 saturated carbocycles. The molecule has 0 aliphatic heterocycles. The van der Waals surface area contributed by atoms with Crippen LogP contribution in [0.4, 0.5) is 0 Å². The third-order valence-electron chi connectivity index (χ3n) is 4.84. The summed E-state index contributed by atoms with van der Waals surface area (Å²) in [5.41, 5.74) is 0.342. The highest BCUT2D eigenvalue weighted by molar-refractivity contribution is 7.73. The number of hydrogen-bond acceptors (Lipinski definition) is 5. The number of carboxylic acid groups (broad SMARTS) is 1. The zero-order chi connectivity index (χ0) is 19.6. The van der Waals surface area contributed by atoms with E-state index in [2.05, 4.69) is 0 Å². The van der Waals surface area contributed by atoms with Gasteiger partial charge in [-0.2, -0.15) is 8.42 Å². The van der Waals surface area contributed by atoms with Gasteiger partial charge in [0.2, 0.25) is 10.3 Å². The Bertz CT molecular complexity index is 999. The summed E-state index contributed by atoms with van der Waals surface area (Å²) in [6.07, 6.45) is 2.40. The van der Waals surface area contributed by atoms with Crippen LogP contribution in [0.2, 0.25) is 0 Å². The molecule has 0 radical (unpaired) electrons. The van der Waals surface area contributed by atoms with Gasteiger partial charge in [-0.1, -0.05) is 29.8 Å². The standard InChI is InChI=1S/C20H20O6S/c1-13-5-7-14(8-6-13)20(11-3-2-4-18(20)27(24)25)26-15-9-10-16(19(22)23)17(21)12-15/h5-10,12,21H,2-4,11H2,1H3,(H,22,23). The minimum atomic E-state index is -2.43. The van der Waals surface area contributed by atoms with Crippen molar-refractivity contribution in [2.45, 2.75) is 38.2 Å². The van der Waals surface area contributed by atoms with Gasteiger partial charge in [0, 0.05) is 11.6 Å². The molecule has 0 heterocycles. The number of ether oxygens (including phenoxy) is 1. The molecule has 6 nitrogen and oxygen atoms in total. The predicted molar refractivity (Wildman–Crippen MR) is 101 cm³/mol. The van der Waals surface area contributed by atoms with Crippen molar-refractivity contribution in [3.63, 3.8) is 0 Å². The average molecular weight is 388 g/mol. The normalized spacial score (nSPS) is 19.5. The van der Waals surface area contributed by atoms with E-state index in [4.69, 9.17) is 9.84 Å². The number of phenols is 1. The van der Waals surface area contributed by atoms with E-state index in [1.54, 1.807) is 0 Å². The molecule has 27 heavy (non-hydrogen) atoms. The first-order valence-corrected chi connectivity index (χ1v) is 9.69. The van der Waals surface area contributed by atoms with Gasteiger partial charge in [-0.25, -0.2) is 4.79 Å². The number of aromatic hydroxyl groups is 1. The first-order valence-electron chi connectivity index (χ1n) is 8.61. The Morgan fingerprint density at radius 3 is 2.41 bits per heavy atom. The van der Waals surface area contributed by atoms with Gasteiger partial charge in [-0.3, -0.25) is 0 Å². The Kier molecular flexibility index (Phi) is 5.23. The van der Waals surface area contributed by atoms with Crippen molar-refractivity contribution in [1.82, 2.24) is 0 Å². The lowest BCUT2D eigenvalue weighted by molar-refractivity contribution is 0.0693. The van der Waals surface area contributed by atoms with Crippen LogP contribution in [0.1, 0.15) is 47.2 Å². The van der Waals surface area contributed by atoms with Crippen LogP contribution in [0.5, 0.6) is 11.5 Å². The second kappa shape index (κ2) is 7.44. The second-order valence-corrected chi connectivity index (χ2v) is 7.61. The molecule has 0 bridgehead atoms. The average Bonchev–Trinajstić information content (AvgIpc) is 2.62. The summed E-state index contributed by atoms with van der Waals surface area (Å²) in [4.78, 5) is 11.4. The van der Waals surface area contributed by atoms with Crippen molar-refractivity contribution < 1.29 is 28.2 Å². The van der Waals surface area contributed by atoms with Gasteiger partial charge in [-0.05, 0) is 44.7 Å². The molecular formula is C20H20O6S. The monoisotopic (exact) mass is 388 g/mol. The largest absolute Gasteiger partial charge is 0.507 e. The summed E-state index contributed by atoms with van der Waals surface area (Å²) in [6.45, 7) is 1.94. The van der Waals surface area contributed by atoms with Gasteiger partial charge in [0.1, 0.15) is 17.1 Å². The van der Waals surface area contributed by atoms with Crippen molar-refractivity contribution >= 4 is 21.1 Å². The van der Waals surface area contributed by atoms with Crippen LogP contribution in [0.3, 0.4) is 0 Å². The topological polar surface area (TPSA) is 101 Å². The Morgan fingerprint density at radius 1 is 1.11 bits per heavy atom. The summed E-state index contributed by atoms with van der Waals surface area (Å²) >= 11 is 0. The minimum Gasteiger partial charge on any atom is -0.507 e. The van der Waals surface area contributed by atoms with Crippen molar-refractivity contribution in [2.24, 2.45) is 0 Å². The molecule has 142 valence electrons. The number of rotatable bonds is 4. The number of benzene rings is 2. The van der Waals surface area contributed by atoms with Crippen LogP contribution in [0, 0.1) is 6.92 Å². The highest BCUT2D eigenvalue weighted by atomic mass is 32.2. The van der Waals surface area contributed by atoms with Crippen molar-refractivity contribution in [1.29, 1.82) is 0 Å². The molecule has 2 aromatic rings. The minimum absolute atomic E-state index is 0.211. The molecule has 0 saturated heterocycles. The lowest BCUT2D eigenvalue weighted by Gasteiger charge is -2.38. The molecule has 2 N–H and O–H groups in total. The molecule has 0 aromatic heterocycles. The van der Waals surface area contributed by atoms with E-state index < -0.39 is 27.6 Å². The number of carbonyl (C=O) groups is 1. The Balaban J connectivity index is 2.13. The van der Waals surface area contributed by atoms with Crippen molar-refractivity contribution in [2.75, 3.05) is 0 Å². The predicted octanol–water partition coefficient (Wildman–Crippen LogP) is 3.30. The number of aromatic carboxylic acids is 1. The van der Waals surface area contributed by atoms with E-state index in [-0.39, 0.29) is 16.2 Å². The molecule has 1 fully saturated rings. The molecule has 0 amide bonds. The van der Waals surface area contributed by atoms with Crippen LogP contribution in [-0.2, 0) is 15.9 Å². The van der Waals surface area contributed by atoms with Crippen molar-refractivity contribution in [3.05, 3.63) is 59.2 Å². The highest BCUT2D eigenvalue weighted by Crippen LogP contribution is 2.40. The lowest BCUT2D eigenvalue weighted by atomic mass is 9.79. The zero-order valence-electron chi connectivity index (χ0n) is 14.8. The van der Waals surface area contributed by atoms with E-state index in [9.17, 15) is 18.3 Å². The SMILES string of the molecule is Cc1ccc(C2(Oc3ccc(C(=O)O)c(O)c3)CCCCC2=S(=O)=O)cc1. The molecular weight excluding hydrogens is 368 g/mol. The summed E-state index contributed by atoms with van der Waals surface area (Å²) in [5.74, 6) is -1.47. The summed E-state index contributed by atoms with van der Waals surface area (Å²) in [6, 6.07) is 11.4. The number of carboxylic acids is 1. The number of aryl methyl sites for hydroxylation is 1.